The van der Waals surface area contributed by atoms with Gasteiger partial charge in [-0.25, -0.2) is 0 Å². The molecule has 1 heterocycles. The maximum Gasteiger partial charge on any atom is 0.234 e. The van der Waals surface area contributed by atoms with Crippen molar-refractivity contribution in [1.82, 2.24) is 10.2 Å². The van der Waals surface area contributed by atoms with Gasteiger partial charge in [0.1, 0.15) is 6.67 Å². The number of nitrogens with one attached hydrogen (secondary N) is 1. The van der Waals surface area contributed by atoms with Crippen LogP contribution in [0.15, 0.2) is 0 Å². The van der Waals surface area contributed by atoms with E-state index in [2.05, 4.69) is 5.32 Å². The summed E-state index contributed by atoms with van der Waals surface area (Å²) >= 11 is 0. The van der Waals surface area contributed by atoms with Crippen LogP contribution in [0.2, 0.25) is 0 Å². The molecular weight excluding hydrogens is 208 g/mol. The lowest BCUT2D eigenvalue weighted by molar-refractivity contribution is -0.140. The number of hydrogen-bond acceptors (Lipinski definition) is 3. The van der Waals surface area contributed by atoms with Gasteiger partial charge < -0.3 is 5.32 Å². The average Bonchev–Trinajstić information content (AvgIpc) is 2.37. The van der Waals surface area contributed by atoms with Crippen LogP contribution in [0.5, 0.6) is 0 Å². The molecule has 1 unspecified atom stereocenters. The third-order valence-electron chi connectivity index (χ3n) is 2.55. The SMILES string of the molecule is CC1CC(=O)N(CNC(=O)C(C)(C)C)C1=O. The summed E-state index contributed by atoms with van der Waals surface area (Å²) in [6, 6.07) is 0. The van der Waals surface area contributed by atoms with Crippen LogP contribution in [0.4, 0.5) is 0 Å². The van der Waals surface area contributed by atoms with Crippen LogP contribution in [0.3, 0.4) is 0 Å². The zero-order valence-electron chi connectivity index (χ0n) is 10.2. The first-order valence-electron chi connectivity index (χ1n) is 5.36. The summed E-state index contributed by atoms with van der Waals surface area (Å²) in [5, 5.41) is 2.59. The van der Waals surface area contributed by atoms with Gasteiger partial charge in [-0.3, -0.25) is 19.3 Å². The van der Waals surface area contributed by atoms with Gasteiger partial charge in [-0.05, 0) is 0 Å². The summed E-state index contributed by atoms with van der Waals surface area (Å²) in [5.74, 6) is -0.863. The molecule has 5 heteroatoms. The number of carbonyl (C=O) groups is 3. The van der Waals surface area contributed by atoms with Crippen LogP contribution < -0.4 is 5.32 Å². The molecule has 1 atom stereocenters. The van der Waals surface area contributed by atoms with Gasteiger partial charge in [-0.15, -0.1) is 0 Å². The van der Waals surface area contributed by atoms with E-state index in [1.165, 1.54) is 0 Å². The average molecular weight is 226 g/mol. The Balaban J connectivity index is 2.54. The number of imide groups is 1. The van der Waals surface area contributed by atoms with Crippen molar-refractivity contribution in [3.8, 4) is 0 Å². The number of hydrogen-bond donors (Lipinski definition) is 1. The summed E-state index contributed by atoms with van der Waals surface area (Å²) in [4.78, 5) is 35.6. The van der Waals surface area contributed by atoms with Gasteiger partial charge in [0.15, 0.2) is 0 Å². The third kappa shape index (κ3) is 2.59. The minimum atomic E-state index is -0.516. The number of carbonyl (C=O) groups excluding carboxylic acids is 3. The van der Waals surface area contributed by atoms with Crippen molar-refractivity contribution < 1.29 is 14.4 Å². The summed E-state index contributed by atoms with van der Waals surface area (Å²) < 4.78 is 0. The lowest BCUT2D eigenvalue weighted by atomic mass is 9.96. The van der Waals surface area contributed by atoms with Crippen molar-refractivity contribution in [2.75, 3.05) is 6.67 Å². The van der Waals surface area contributed by atoms with Crippen LogP contribution in [-0.2, 0) is 14.4 Å². The summed E-state index contributed by atoms with van der Waals surface area (Å²) in [6.45, 7) is 7.03. The van der Waals surface area contributed by atoms with E-state index in [0.29, 0.717) is 0 Å². The zero-order chi connectivity index (χ0) is 12.5. The minimum absolute atomic E-state index is 0.0158. The van der Waals surface area contributed by atoms with Gasteiger partial charge >= 0.3 is 0 Å². The van der Waals surface area contributed by atoms with Crippen LogP contribution in [0, 0.1) is 11.3 Å². The van der Waals surface area contributed by atoms with Gasteiger partial charge in [-0.1, -0.05) is 27.7 Å². The largest absolute Gasteiger partial charge is 0.338 e. The fourth-order valence-corrected chi connectivity index (χ4v) is 1.43. The number of likely N-dealkylation sites (tertiary alicyclic amines) is 1. The molecule has 1 aliphatic heterocycles. The Morgan fingerprint density at radius 2 is 2.00 bits per heavy atom. The van der Waals surface area contributed by atoms with Gasteiger partial charge in [0.25, 0.3) is 0 Å². The molecular formula is C11H18N2O3. The Labute approximate surface area is 95.2 Å². The summed E-state index contributed by atoms with van der Waals surface area (Å²) in [6.07, 6.45) is 0.240. The van der Waals surface area contributed by atoms with E-state index in [1.54, 1.807) is 27.7 Å². The van der Waals surface area contributed by atoms with Crippen LogP contribution in [-0.4, -0.2) is 29.3 Å². The van der Waals surface area contributed by atoms with E-state index >= 15 is 0 Å². The lowest BCUT2D eigenvalue weighted by Crippen LogP contribution is -2.44. The minimum Gasteiger partial charge on any atom is -0.338 e. The second kappa shape index (κ2) is 4.23. The molecule has 5 nitrogen and oxygen atoms in total. The van der Waals surface area contributed by atoms with Crippen molar-refractivity contribution >= 4 is 17.7 Å². The Morgan fingerprint density at radius 1 is 1.44 bits per heavy atom. The van der Waals surface area contributed by atoms with Gasteiger partial charge in [0.2, 0.25) is 17.7 Å². The molecule has 1 N–H and O–H groups in total. The molecule has 0 aromatic carbocycles. The zero-order valence-corrected chi connectivity index (χ0v) is 10.2. The Kier molecular flexibility index (Phi) is 3.35. The predicted molar refractivity (Wildman–Crippen MR) is 58.1 cm³/mol. The first kappa shape index (κ1) is 12.7. The fourth-order valence-electron chi connectivity index (χ4n) is 1.43. The standard InChI is InChI=1S/C11H18N2O3/c1-7-5-8(14)13(9(7)15)6-12-10(16)11(2,3)4/h7H,5-6H2,1-4H3,(H,12,16). The fraction of sp³-hybridized carbons (Fsp3) is 0.727. The van der Waals surface area contributed by atoms with Crippen molar-refractivity contribution in [2.45, 2.75) is 34.1 Å². The maximum absolute atomic E-state index is 11.6. The van der Waals surface area contributed by atoms with Crippen molar-refractivity contribution in [1.29, 1.82) is 0 Å². The first-order chi connectivity index (χ1) is 7.23. The van der Waals surface area contributed by atoms with Gasteiger partial charge in [0.05, 0.1) is 0 Å². The normalized spacial score (nSPS) is 21.5. The molecule has 1 aliphatic rings. The molecule has 0 radical (unpaired) electrons. The predicted octanol–water partition coefficient (Wildman–Crippen LogP) is 0.501. The number of nitrogens with zero attached hydrogens (tertiary/aromatic N) is 1. The smallest absolute Gasteiger partial charge is 0.234 e. The Morgan fingerprint density at radius 3 is 2.38 bits per heavy atom. The molecule has 0 aromatic rings. The van der Waals surface area contributed by atoms with E-state index in [1.807, 2.05) is 0 Å². The first-order valence-corrected chi connectivity index (χ1v) is 5.36. The highest BCUT2D eigenvalue weighted by atomic mass is 16.2. The second-order valence-corrected chi connectivity index (χ2v) is 5.18. The molecule has 90 valence electrons. The molecule has 0 spiro atoms. The molecule has 1 fully saturated rings. The molecule has 0 bridgehead atoms. The molecule has 1 rings (SSSR count). The highest BCUT2D eigenvalue weighted by Gasteiger charge is 2.35. The summed E-state index contributed by atoms with van der Waals surface area (Å²) in [7, 11) is 0. The third-order valence-corrected chi connectivity index (χ3v) is 2.55. The summed E-state index contributed by atoms with van der Waals surface area (Å²) in [5.41, 5.74) is -0.516. The van der Waals surface area contributed by atoms with Crippen LogP contribution in [0.25, 0.3) is 0 Å². The quantitative estimate of drug-likeness (QED) is 0.697. The number of rotatable bonds is 2. The van der Waals surface area contributed by atoms with E-state index < -0.39 is 5.41 Å². The monoisotopic (exact) mass is 226 g/mol. The molecule has 0 aromatic heterocycles. The van der Waals surface area contributed by atoms with E-state index in [4.69, 9.17) is 0 Å². The molecule has 1 saturated heterocycles. The molecule has 3 amide bonds. The Hall–Kier alpha value is -1.39. The lowest BCUT2D eigenvalue weighted by Gasteiger charge is -2.21. The van der Waals surface area contributed by atoms with Crippen molar-refractivity contribution in [2.24, 2.45) is 11.3 Å². The highest BCUT2D eigenvalue weighted by Crippen LogP contribution is 2.18. The van der Waals surface area contributed by atoms with Gasteiger partial charge in [-0.2, -0.15) is 0 Å². The van der Waals surface area contributed by atoms with E-state index in [9.17, 15) is 14.4 Å². The second-order valence-electron chi connectivity index (χ2n) is 5.18. The maximum atomic E-state index is 11.6. The van der Waals surface area contributed by atoms with Gasteiger partial charge in [0, 0.05) is 17.8 Å². The van der Waals surface area contributed by atoms with Crippen LogP contribution >= 0.6 is 0 Å². The molecule has 0 saturated carbocycles. The topological polar surface area (TPSA) is 66.5 Å². The highest BCUT2D eigenvalue weighted by molar-refractivity contribution is 6.03. The molecule has 16 heavy (non-hydrogen) atoms. The molecule has 0 aliphatic carbocycles. The van der Waals surface area contributed by atoms with Crippen molar-refractivity contribution in [3.05, 3.63) is 0 Å². The van der Waals surface area contributed by atoms with E-state index in [-0.39, 0.29) is 36.7 Å². The van der Waals surface area contributed by atoms with E-state index in [0.717, 1.165) is 4.90 Å². The van der Waals surface area contributed by atoms with Crippen LogP contribution in [0.1, 0.15) is 34.1 Å². The Bertz CT molecular complexity index is 331. The number of amides is 3. The van der Waals surface area contributed by atoms with Crippen molar-refractivity contribution in [3.63, 3.8) is 0 Å².